The molecule has 20 heavy (non-hydrogen) atoms. The van der Waals surface area contributed by atoms with Crippen LogP contribution in [0.25, 0.3) is 0 Å². The second-order valence-corrected chi connectivity index (χ2v) is 5.92. The number of hydrogen-bond donors (Lipinski definition) is 0. The van der Waals surface area contributed by atoms with Crippen LogP contribution in [0.2, 0.25) is 0 Å². The van der Waals surface area contributed by atoms with Crippen LogP contribution < -0.4 is 0 Å². The van der Waals surface area contributed by atoms with Gasteiger partial charge in [-0.1, -0.05) is 88.8 Å². The van der Waals surface area contributed by atoms with Crippen LogP contribution in [0.3, 0.4) is 0 Å². The lowest BCUT2D eigenvalue weighted by atomic mass is 9.80. The molecule has 0 bridgehead atoms. The Morgan fingerprint density at radius 2 is 1.45 bits per heavy atom. The van der Waals surface area contributed by atoms with Crippen molar-refractivity contribution in [2.75, 3.05) is 0 Å². The SMILES string of the molecule is C=CC(c1ccccc1)C(CCCCC)CCCCC. The van der Waals surface area contributed by atoms with E-state index in [0.29, 0.717) is 5.92 Å². The maximum Gasteiger partial charge on any atom is 0.00435 e. The van der Waals surface area contributed by atoms with Crippen molar-refractivity contribution in [3.63, 3.8) is 0 Å². The van der Waals surface area contributed by atoms with Crippen molar-refractivity contribution in [1.82, 2.24) is 0 Å². The molecule has 0 aromatic heterocycles. The Balaban J connectivity index is 2.68. The highest BCUT2D eigenvalue weighted by atomic mass is 14.2. The van der Waals surface area contributed by atoms with E-state index in [-0.39, 0.29) is 0 Å². The number of allylic oxidation sites excluding steroid dienone is 1. The van der Waals surface area contributed by atoms with Gasteiger partial charge in [0.15, 0.2) is 0 Å². The van der Waals surface area contributed by atoms with Crippen molar-refractivity contribution in [2.45, 2.75) is 71.1 Å². The minimum absolute atomic E-state index is 0.532. The molecule has 0 N–H and O–H groups in total. The van der Waals surface area contributed by atoms with Crippen molar-refractivity contribution in [3.05, 3.63) is 48.6 Å². The van der Waals surface area contributed by atoms with E-state index in [1.54, 1.807) is 0 Å². The second-order valence-electron chi connectivity index (χ2n) is 5.92. The van der Waals surface area contributed by atoms with Crippen LogP contribution in [0.1, 0.15) is 76.7 Å². The summed E-state index contributed by atoms with van der Waals surface area (Å²) in [6.07, 6.45) is 13.0. The molecular formula is C20H32. The van der Waals surface area contributed by atoms with Gasteiger partial charge in [-0.05, 0) is 24.3 Å². The van der Waals surface area contributed by atoms with E-state index >= 15 is 0 Å². The Bertz CT molecular complexity index is 328. The minimum Gasteiger partial charge on any atom is -0.102 e. The summed E-state index contributed by atoms with van der Waals surface area (Å²) in [7, 11) is 0. The maximum absolute atomic E-state index is 4.11. The smallest absolute Gasteiger partial charge is 0.00435 e. The predicted octanol–water partition coefficient (Wildman–Crippen LogP) is 6.73. The van der Waals surface area contributed by atoms with Crippen molar-refractivity contribution in [3.8, 4) is 0 Å². The molecule has 1 aromatic rings. The molecule has 0 spiro atoms. The molecule has 0 heteroatoms. The van der Waals surface area contributed by atoms with E-state index < -0.39 is 0 Å². The van der Waals surface area contributed by atoms with Crippen LogP contribution in [0, 0.1) is 5.92 Å². The normalized spacial score (nSPS) is 12.6. The Kier molecular flexibility index (Phi) is 9.11. The summed E-state index contributed by atoms with van der Waals surface area (Å²) < 4.78 is 0. The van der Waals surface area contributed by atoms with Gasteiger partial charge in [0.25, 0.3) is 0 Å². The van der Waals surface area contributed by atoms with Crippen molar-refractivity contribution < 1.29 is 0 Å². The summed E-state index contributed by atoms with van der Waals surface area (Å²) >= 11 is 0. The largest absolute Gasteiger partial charge is 0.102 e. The zero-order valence-electron chi connectivity index (χ0n) is 13.5. The number of benzene rings is 1. The molecule has 0 nitrogen and oxygen atoms in total. The fourth-order valence-corrected chi connectivity index (χ4v) is 3.09. The van der Waals surface area contributed by atoms with Gasteiger partial charge in [-0.15, -0.1) is 6.58 Å². The zero-order chi connectivity index (χ0) is 14.6. The van der Waals surface area contributed by atoms with E-state index in [2.05, 4.69) is 56.8 Å². The van der Waals surface area contributed by atoms with Gasteiger partial charge in [0.2, 0.25) is 0 Å². The van der Waals surface area contributed by atoms with Crippen LogP contribution in [0.5, 0.6) is 0 Å². The average molecular weight is 272 g/mol. The topological polar surface area (TPSA) is 0 Å². The molecule has 1 aromatic carbocycles. The summed E-state index contributed by atoms with van der Waals surface area (Å²) in [6.45, 7) is 8.69. The molecule has 112 valence electrons. The van der Waals surface area contributed by atoms with Crippen LogP contribution in [-0.2, 0) is 0 Å². The van der Waals surface area contributed by atoms with E-state index in [0.717, 1.165) is 5.92 Å². The van der Waals surface area contributed by atoms with Crippen molar-refractivity contribution in [2.24, 2.45) is 5.92 Å². The standard InChI is InChI=1S/C20H32/c1-4-7-10-14-18(15-11-8-5-2)20(6-3)19-16-12-9-13-17-19/h6,9,12-13,16-18,20H,3-5,7-8,10-11,14-15H2,1-2H3. The second kappa shape index (κ2) is 10.7. The number of rotatable bonds is 11. The first kappa shape index (κ1) is 17.0. The Hall–Kier alpha value is -1.04. The van der Waals surface area contributed by atoms with Crippen LogP contribution in [-0.4, -0.2) is 0 Å². The molecule has 0 aliphatic heterocycles. The van der Waals surface area contributed by atoms with Gasteiger partial charge in [0, 0.05) is 5.92 Å². The molecule has 1 unspecified atom stereocenters. The first-order valence-corrected chi connectivity index (χ1v) is 8.50. The lowest BCUT2D eigenvalue weighted by Gasteiger charge is -2.25. The molecule has 1 rings (SSSR count). The molecule has 0 heterocycles. The van der Waals surface area contributed by atoms with Gasteiger partial charge < -0.3 is 0 Å². The van der Waals surface area contributed by atoms with Gasteiger partial charge in [-0.2, -0.15) is 0 Å². The molecule has 0 radical (unpaired) electrons. The van der Waals surface area contributed by atoms with Gasteiger partial charge in [0.1, 0.15) is 0 Å². The number of unbranched alkanes of at least 4 members (excludes halogenated alkanes) is 4. The fourth-order valence-electron chi connectivity index (χ4n) is 3.09. The van der Waals surface area contributed by atoms with E-state index in [1.807, 2.05) is 0 Å². The summed E-state index contributed by atoms with van der Waals surface area (Å²) in [5, 5.41) is 0. The third-order valence-corrected chi connectivity index (χ3v) is 4.30. The molecule has 0 aliphatic rings. The number of hydrogen-bond acceptors (Lipinski definition) is 0. The molecule has 0 saturated carbocycles. The highest BCUT2D eigenvalue weighted by molar-refractivity contribution is 5.24. The molecular weight excluding hydrogens is 240 g/mol. The third-order valence-electron chi connectivity index (χ3n) is 4.30. The van der Waals surface area contributed by atoms with Crippen LogP contribution in [0.4, 0.5) is 0 Å². The van der Waals surface area contributed by atoms with Crippen molar-refractivity contribution in [1.29, 1.82) is 0 Å². The highest BCUT2D eigenvalue weighted by Gasteiger charge is 2.19. The average Bonchev–Trinajstić information content (AvgIpc) is 2.49. The maximum atomic E-state index is 4.11. The lowest BCUT2D eigenvalue weighted by Crippen LogP contribution is -2.11. The monoisotopic (exact) mass is 272 g/mol. The van der Waals surface area contributed by atoms with E-state index in [1.165, 1.54) is 56.9 Å². The molecule has 1 atom stereocenters. The van der Waals surface area contributed by atoms with Gasteiger partial charge in [-0.3, -0.25) is 0 Å². The third kappa shape index (κ3) is 5.94. The first-order valence-electron chi connectivity index (χ1n) is 8.50. The minimum atomic E-state index is 0.532. The predicted molar refractivity (Wildman–Crippen MR) is 91.2 cm³/mol. The van der Waals surface area contributed by atoms with Crippen LogP contribution in [0.15, 0.2) is 43.0 Å². The summed E-state index contributed by atoms with van der Waals surface area (Å²) in [6, 6.07) is 10.9. The van der Waals surface area contributed by atoms with E-state index in [9.17, 15) is 0 Å². The van der Waals surface area contributed by atoms with Gasteiger partial charge in [-0.25, -0.2) is 0 Å². The Labute approximate surface area is 126 Å². The Morgan fingerprint density at radius 3 is 1.90 bits per heavy atom. The van der Waals surface area contributed by atoms with E-state index in [4.69, 9.17) is 0 Å². The van der Waals surface area contributed by atoms with Gasteiger partial charge >= 0.3 is 0 Å². The molecule has 0 amide bonds. The van der Waals surface area contributed by atoms with Crippen LogP contribution >= 0.6 is 0 Å². The molecule has 0 aliphatic carbocycles. The summed E-state index contributed by atoms with van der Waals surface area (Å²) in [4.78, 5) is 0. The quantitative estimate of drug-likeness (QED) is 0.309. The zero-order valence-corrected chi connectivity index (χ0v) is 13.5. The molecule has 0 fully saturated rings. The summed E-state index contributed by atoms with van der Waals surface area (Å²) in [5.41, 5.74) is 1.44. The Morgan fingerprint density at radius 1 is 0.900 bits per heavy atom. The van der Waals surface area contributed by atoms with Crippen molar-refractivity contribution >= 4 is 0 Å². The highest BCUT2D eigenvalue weighted by Crippen LogP contribution is 2.33. The van der Waals surface area contributed by atoms with Gasteiger partial charge in [0.05, 0.1) is 0 Å². The lowest BCUT2D eigenvalue weighted by molar-refractivity contribution is 0.379. The summed E-state index contributed by atoms with van der Waals surface area (Å²) in [5.74, 6) is 1.30. The fraction of sp³-hybridized carbons (Fsp3) is 0.600. The first-order chi connectivity index (χ1) is 9.83. The molecule has 0 saturated heterocycles.